The van der Waals surface area contributed by atoms with E-state index in [-0.39, 0.29) is 11.9 Å². The molecule has 2 N–H and O–H groups in total. The van der Waals surface area contributed by atoms with Crippen LogP contribution in [0.5, 0.6) is 0 Å². The predicted octanol–water partition coefficient (Wildman–Crippen LogP) is 4.06. The van der Waals surface area contributed by atoms with Crippen LogP contribution in [-0.2, 0) is 12.8 Å². The summed E-state index contributed by atoms with van der Waals surface area (Å²) in [6, 6.07) is 11.4. The van der Waals surface area contributed by atoms with Crippen LogP contribution in [0.4, 0.5) is 4.39 Å². The second-order valence-electron chi connectivity index (χ2n) is 5.69. The molecule has 0 fully saturated rings. The summed E-state index contributed by atoms with van der Waals surface area (Å²) in [5, 5.41) is 0. The van der Waals surface area contributed by atoms with Gasteiger partial charge in [0.25, 0.3) is 0 Å². The lowest BCUT2D eigenvalue weighted by Gasteiger charge is -2.20. The number of rotatable bonds is 2. The molecule has 0 aliphatic heterocycles. The van der Waals surface area contributed by atoms with Crippen LogP contribution in [0, 0.1) is 12.7 Å². The number of nitrogens with two attached hydrogens (primary N) is 1. The maximum atomic E-state index is 14.2. The Hall–Kier alpha value is -1.67. The van der Waals surface area contributed by atoms with Crippen molar-refractivity contribution in [2.45, 2.75) is 38.6 Å². The van der Waals surface area contributed by atoms with Crippen LogP contribution in [0.15, 0.2) is 36.4 Å². The summed E-state index contributed by atoms with van der Waals surface area (Å²) in [5.74, 6) is -0.183. The van der Waals surface area contributed by atoms with Crippen molar-refractivity contribution in [2.75, 3.05) is 0 Å². The summed E-state index contributed by atoms with van der Waals surface area (Å²) >= 11 is 0. The molecule has 1 nitrogen and oxygen atoms in total. The van der Waals surface area contributed by atoms with Crippen molar-refractivity contribution in [3.8, 4) is 0 Å². The number of fused-ring (bicyclic) bond motifs is 1. The number of aryl methyl sites for hydroxylation is 3. The van der Waals surface area contributed by atoms with Gasteiger partial charge in [-0.2, -0.15) is 0 Å². The highest BCUT2D eigenvalue weighted by molar-refractivity contribution is 5.40. The third-order valence-corrected chi connectivity index (χ3v) is 4.29. The summed E-state index contributed by atoms with van der Waals surface area (Å²) in [7, 11) is 0. The fourth-order valence-corrected chi connectivity index (χ4v) is 3.04. The Balaban J connectivity index is 1.98. The van der Waals surface area contributed by atoms with E-state index in [0.29, 0.717) is 11.1 Å². The van der Waals surface area contributed by atoms with Crippen molar-refractivity contribution in [3.63, 3.8) is 0 Å². The van der Waals surface area contributed by atoms with Gasteiger partial charge in [0, 0.05) is 5.56 Å². The summed E-state index contributed by atoms with van der Waals surface area (Å²) in [5.41, 5.74) is 11.3. The highest BCUT2D eigenvalue weighted by atomic mass is 19.1. The molecule has 2 aromatic rings. The first-order valence-electron chi connectivity index (χ1n) is 7.29. The maximum absolute atomic E-state index is 14.2. The van der Waals surface area contributed by atoms with E-state index in [1.165, 1.54) is 24.0 Å². The number of hydrogen-bond donors (Lipinski definition) is 1. The van der Waals surface area contributed by atoms with Crippen LogP contribution in [0.3, 0.4) is 0 Å². The minimum Gasteiger partial charge on any atom is -0.320 e. The number of benzene rings is 2. The molecule has 0 heterocycles. The first-order chi connectivity index (χ1) is 9.66. The molecular formula is C18H20FN. The third kappa shape index (κ3) is 2.36. The lowest BCUT2D eigenvalue weighted by Crippen LogP contribution is -2.15. The first kappa shape index (κ1) is 13.3. The largest absolute Gasteiger partial charge is 0.320 e. The van der Waals surface area contributed by atoms with Gasteiger partial charge in [-0.3, -0.25) is 0 Å². The van der Waals surface area contributed by atoms with Gasteiger partial charge in [0.2, 0.25) is 0 Å². The van der Waals surface area contributed by atoms with E-state index in [2.05, 4.69) is 18.2 Å². The van der Waals surface area contributed by atoms with E-state index in [4.69, 9.17) is 5.73 Å². The molecule has 0 spiro atoms. The molecule has 1 aliphatic rings. The molecule has 3 rings (SSSR count). The van der Waals surface area contributed by atoms with Gasteiger partial charge in [0.05, 0.1) is 6.04 Å². The van der Waals surface area contributed by atoms with Gasteiger partial charge in [-0.25, -0.2) is 4.39 Å². The predicted molar refractivity (Wildman–Crippen MR) is 80.3 cm³/mol. The topological polar surface area (TPSA) is 26.0 Å². The van der Waals surface area contributed by atoms with Crippen molar-refractivity contribution >= 4 is 0 Å². The Labute approximate surface area is 119 Å². The van der Waals surface area contributed by atoms with E-state index in [9.17, 15) is 4.39 Å². The summed E-state index contributed by atoms with van der Waals surface area (Å²) < 4.78 is 14.2. The van der Waals surface area contributed by atoms with Crippen LogP contribution < -0.4 is 5.73 Å². The van der Waals surface area contributed by atoms with Gasteiger partial charge >= 0.3 is 0 Å². The molecule has 104 valence electrons. The average Bonchev–Trinajstić information content (AvgIpc) is 2.49. The van der Waals surface area contributed by atoms with Crippen molar-refractivity contribution in [1.82, 2.24) is 0 Å². The molecule has 1 atom stereocenters. The van der Waals surface area contributed by atoms with Gasteiger partial charge in [0.15, 0.2) is 0 Å². The minimum atomic E-state index is -0.387. The van der Waals surface area contributed by atoms with Gasteiger partial charge in [-0.15, -0.1) is 0 Å². The molecule has 0 bridgehead atoms. The summed E-state index contributed by atoms with van der Waals surface area (Å²) in [6.45, 7) is 1.78. The van der Waals surface area contributed by atoms with Gasteiger partial charge in [0.1, 0.15) is 5.82 Å². The Morgan fingerprint density at radius 3 is 2.60 bits per heavy atom. The van der Waals surface area contributed by atoms with Crippen LogP contribution in [0.2, 0.25) is 0 Å². The van der Waals surface area contributed by atoms with Crippen LogP contribution >= 0.6 is 0 Å². The molecule has 2 heteroatoms. The SMILES string of the molecule is Cc1cccc(C(N)c2ccc3c(c2)CCCC3)c1F. The Bertz CT molecular complexity index is 633. The second kappa shape index (κ2) is 5.37. The molecule has 1 aliphatic carbocycles. The molecule has 0 saturated carbocycles. The fourth-order valence-electron chi connectivity index (χ4n) is 3.04. The molecule has 1 unspecified atom stereocenters. The molecule has 0 aromatic heterocycles. The van der Waals surface area contributed by atoms with Gasteiger partial charge < -0.3 is 5.73 Å². The van der Waals surface area contributed by atoms with Crippen molar-refractivity contribution in [1.29, 1.82) is 0 Å². The molecule has 20 heavy (non-hydrogen) atoms. The normalized spacial score (nSPS) is 15.8. The molecule has 0 radical (unpaired) electrons. The van der Waals surface area contributed by atoms with Crippen LogP contribution in [0.1, 0.15) is 46.7 Å². The first-order valence-corrected chi connectivity index (χ1v) is 7.29. The Kier molecular flexibility index (Phi) is 3.58. The zero-order valence-electron chi connectivity index (χ0n) is 11.8. The second-order valence-corrected chi connectivity index (χ2v) is 5.69. The average molecular weight is 269 g/mol. The lowest BCUT2D eigenvalue weighted by molar-refractivity contribution is 0.590. The summed E-state index contributed by atoms with van der Waals surface area (Å²) in [4.78, 5) is 0. The minimum absolute atomic E-state index is 0.183. The standard InChI is InChI=1S/C18H20FN/c1-12-5-4-8-16(17(12)19)18(20)15-10-9-13-6-2-3-7-14(13)11-15/h4-5,8-11,18H,2-3,6-7,20H2,1H3. The van der Waals surface area contributed by atoms with E-state index < -0.39 is 0 Å². The van der Waals surface area contributed by atoms with Crippen molar-refractivity contribution in [2.24, 2.45) is 5.73 Å². The Morgan fingerprint density at radius 1 is 1.05 bits per heavy atom. The van der Waals surface area contributed by atoms with Crippen LogP contribution in [-0.4, -0.2) is 0 Å². The smallest absolute Gasteiger partial charge is 0.131 e. The van der Waals surface area contributed by atoms with Crippen molar-refractivity contribution < 1.29 is 4.39 Å². The van der Waals surface area contributed by atoms with Gasteiger partial charge in [-0.1, -0.05) is 36.4 Å². The Morgan fingerprint density at radius 2 is 1.80 bits per heavy atom. The zero-order chi connectivity index (χ0) is 14.1. The lowest BCUT2D eigenvalue weighted by atomic mass is 9.88. The van der Waals surface area contributed by atoms with Gasteiger partial charge in [-0.05, 0) is 54.9 Å². The zero-order valence-corrected chi connectivity index (χ0v) is 11.8. The molecular weight excluding hydrogens is 249 g/mol. The molecule has 0 amide bonds. The quantitative estimate of drug-likeness (QED) is 0.874. The monoisotopic (exact) mass is 269 g/mol. The van der Waals surface area contributed by atoms with E-state index in [0.717, 1.165) is 18.4 Å². The number of halogens is 1. The maximum Gasteiger partial charge on any atom is 0.131 e. The third-order valence-electron chi connectivity index (χ3n) is 4.29. The summed E-state index contributed by atoms with van der Waals surface area (Å²) in [6.07, 6.45) is 4.78. The van der Waals surface area contributed by atoms with Crippen LogP contribution in [0.25, 0.3) is 0 Å². The molecule has 0 saturated heterocycles. The van der Waals surface area contributed by atoms with E-state index in [1.54, 1.807) is 19.1 Å². The van der Waals surface area contributed by atoms with Crippen molar-refractivity contribution in [3.05, 3.63) is 70.0 Å². The highest BCUT2D eigenvalue weighted by Crippen LogP contribution is 2.28. The molecule has 2 aromatic carbocycles. The van der Waals surface area contributed by atoms with E-state index in [1.807, 2.05) is 6.07 Å². The van der Waals surface area contributed by atoms with E-state index >= 15 is 0 Å². The number of hydrogen-bond acceptors (Lipinski definition) is 1. The highest BCUT2D eigenvalue weighted by Gasteiger charge is 2.17. The fraction of sp³-hybridized carbons (Fsp3) is 0.333.